The summed E-state index contributed by atoms with van der Waals surface area (Å²) in [5.41, 5.74) is 6.06. The van der Waals surface area contributed by atoms with Gasteiger partial charge >= 0.3 is 0 Å². The lowest BCUT2D eigenvalue weighted by molar-refractivity contribution is 0.0493. The molecule has 2 aromatic carbocycles. The molecule has 1 heterocycles. The van der Waals surface area contributed by atoms with Crippen molar-refractivity contribution in [2.45, 2.75) is 25.7 Å². The van der Waals surface area contributed by atoms with Crippen molar-refractivity contribution < 1.29 is 19.6 Å². The van der Waals surface area contributed by atoms with E-state index < -0.39 is 6.17 Å². The number of nitrogens with one attached hydrogen (secondary N) is 2. The van der Waals surface area contributed by atoms with Gasteiger partial charge in [0.1, 0.15) is 11.9 Å². The molecule has 0 fully saturated rings. The number of hydroxylamine groups is 1. The quantitative estimate of drug-likeness (QED) is 0.333. The smallest absolute Gasteiger partial charge is 0.253 e. The van der Waals surface area contributed by atoms with Gasteiger partial charge in [-0.1, -0.05) is 41.6 Å². The second-order valence-electron chi connectivity index (χ2n) is 7.05. The van der Waals surface area contributed by atoms with E-state index in [1.165, 1.54) is 0 Å². The molecule has 8 nitrogen and oxygen atoms in total. The topological polar surface area (TPSA) is 111 Å². The molecule has 3 rings (SSSR count). The summed E-state index contributed by atoms with van der Waals surface area (Å²) in [5.74, 6) is 0.464. The first-order valence-corrected chi connectivity index (χ1v) is 9.59. The number of likely N-dealkylation sites (N-methyl/N-ethyl adjacent to an activating group) is 2. The van der Waals surface area contributed by atoms with Crippen molar-refractivity contribution >= 4 is 5.91 Å². The van der Waals surface area contributed by atoms with E-state index in [4.69, 9.17) is 9.63 Å². The van der Waals surface area contributed by atoms with E-state index in [-0.39, 0.29) is 18.6 Å². The molecule has 0 aliphatic heterocycles. The highest BCUT2D eigenvalue weighted by atomic mass is 16.5. The highest BCUT2D eigenvalue weighted by molar-refractivity contribution is 5.94. The molecule has 0 radical (unpaired) electrons. The van der Waals surface area contributed by atoms with E-state index in [9.17, 15) is 10.0 Å². The zero-order valence-corrected chi connectivity index (χ0v) is 17.2. The van der Waals surface area contributed by atoms with Crippen LogP contribution in [0.3, 0.4) is 0 Å². The number of aliphatic hydroxyl groups is 1. The van der Waals surface area contributed by atoms with Crippen molar-refractivity contribution in [2.24, 2.45) is 0 Å². The number of carbonyl (C=O) groups is 1. The van der Waals surface area contributed by atoms with Gasteiger partial charge in [-0.25, -0.2) is 0 Å². The number of aliphatic hydroxyl groups excluding tert-OH is 1. The minimum Gasteiger partial charge on any atom is -0.390 e. The first-order valence-electron chi connectivity index (χ1n) is 9.59. The lowest BCUT2D eigenvalue weighted by atomic mass is 10.0. The summed E-state index contributed by atoms with van der Waals surface area (Å²) in [6, 6.07) is 16.6. The van der Waals surface area contributed by atoms with Crippen molar-refractivity contribution in [1.29, 1.82) is 0 Å². The monoisotopic (exact) mass is 410 g/mol. The molecule has 8 heteroatoms. The van der Waals surface area contributed by atoms with Crippen LogP contribution in [0.1, 0.15) is 23.0 Å². The van der Waals surface area contributed by atoms with Crippen LogP contribution in [-0.4, -0.2) is 52.6 Å². The van der Waals surface area contributed by atoms with E-state index in [2.05, 4.69) is 16.0 Å². The molecule has 2 unspecified atom stereocenters. The maximum atomic E-state index is 12.8. The SMILES string of the molecule is CNC(NO)C(C)N(C)C(=O)c1ccc(-c2ccc(-c3cc(CO)no3)cc2)cc1. The molecule has 4 N–H and O–H groups in total. The lowest BCUT2D eigenvalue weighted by Crippen LogP contribution is -2.54. The maximum absolute atomic E-state index is 12.8. The van der Waals surface area contributed by atoms with Gasteiger partial charge in [0.15, 0.2) is 5.76 Å². The second-order valence-corrected chi connectivity index (χ2v) is 7.05. The third-order valence-electron chi connectivity index (χ3n) is 5.22. The van der Waals surface area contributed by atoms with Gasteiger partial charge in [0.25, 0.3) is 5.91 Å². The number of carbonyl (C=O) groups excluding carboxylic acids is 1. The zero-order valence-electron chi connectivity index (χ0n) is 17.2. The number of aromatic nitrogens is 1. The highest BCUT2D eigenvalue weighted by Crippen LogP contribution is 2.26. The van der Waals surface area contributed by atoms with Crippen molar-refractivity contribution in [3.8, 4) is 22.5 Å². The average molecular weight is 410 g/mol. The fraction of sp³-hybridized carbons (Fsp3) is 0.273. The van der Waals surface area contributed by atoms with Crippen LogP contribution >= 0.6 is 0 Å². The highest BCUT2D eigenvalue weighted by Gasteiger charge is 2.23. The third-order valence-corrected chi connectivity index (χ3v) is 5.22. The van der Waals surface area contributed by atoms with Crippen LogP contribution in [-0.2, 0) is 6.61 Å². The van der Waals surface area contributed by atoms with Crippen LogP contribution in [0.15, 0.2) is 59.1 Å². The molecule has 3 aromatic rings. The Morgan fingerprint density at radius 1 is 1.10 bits per heavy atom. The molecule has 30 heavy (non-hydrogen) atoms. The van der Waals surface area contributed by atoms with Crippen LogP contribution in [0.25, 0.3) is 22.5 Å². The molecule has 0 spiro atoms. The number of amides is 1. The van der Waals surface area contributed by atoms with Crippen LogP contribution < -0.4 is 10.8 Å². The van der Waals surface area contributed by atoms with Crippen molar-refractivity contribution in [2.75, 3.05) is 14.1 Å². The molecule has 0 bridgehead atoms. The van der Waals surface area contributed by atoms with Gasteiger partial charge in [-0.05, 0) is 37.2 Å². The van der Waals surface area contributed by atoms with Crippen molar-refractivity contribution in [3.05, 3.63) is 65.9 Å². The summed E-state index contributed by atoms with van der Waals surface area (Å²) in [7, 11) is 3.41. The van der Waals surface area contributed by atoms with Crippen LogP contribution in [0.4, 0.5) is 0 Å². The fourth-order valence-corrected chi connectivity index (χ4v) is 3.18. The average Bonchev–Trinajstić information content (AvgIpc) is 3.28. The summed E-state index contributed by atoms with van der Waals surface area (Å²) in [6.07, 6.45) is -0.436. The number of hydrogen-bond acceptors (Lipinski definition) is 7. The summed E-state index contributed by atoms with van der Waals surface area (Å²) in [6.45, 7) is 1.68. The molecular weight excluding hydrogens is 384 g/mol. The Kier molecular flexibility index (Phi) is 6.96. The molecule has 158 valence electrons. The van der Waals surface area contributed by atoms with Gasteiger partial charge in [0, 0.05) is 24.2 Å². The maximum Gasteiger partial charge on any atom is 0.253 e. The minimum atomic E-state index is -0.436. The van der Waals surface area contributed by atoms with E-state index in [0.29, 0.717) is 17.0 Å². The van der Waals surface area contributed by atoms with Crippen molar-refractivity contribution in [1.82, 2.24) is 20.9 Å². The van der Waals surface area contributed by atoms with Crippen LogP contribution in [0.2, 0.25) is 0 Å². The Morgan fingerprint density at radius 3 is 2.17 bits per heavy atom. The van der Waals surface area contributed by atoms with Crippen LogP contribution in [0, 0.1) is 0 Å². The standard InChI is InChI=1S/C22H26N4O4/c1-14(21(23-2)24-29)26(3)22(28)18-10-6-16(7-11-18)15-4-8-17(9-5-15)20-12-19(13-27)25-30-20/h4-12,14,21,23-24,27,29H,13H2,1-3H3. The lowest BCUT2D eigenvalue weighted by Gasteiger charge is -2.31. The Bertz CT molecular complexity index is 966. The molecule has 1 amide bonds. The van der Waals surface area contributed by atoms with Crippen LogP contribution in [0.5, 0.6) is 0 Å². The van der Waals surface area contributed by atoms with Gasteiger partial charge < -0.3 is 25.1 Å². The Morgan fingerprint density at radius 2 is 1.67 bits per heavy atom. The molecule has 2 atom stereocenters. The molecule has 0 saturated carbocycles. The fourth-order valence-electron chi connectivity index (χ4n) is 3.18. The predicted molar refractivity (Wildman–Crippen MR) is 113 cm³/mol. The predicted octanol–water partition coefficient (Wildman–Crippen LogP) is 2.49. The summed E-state index contributed by atoms with van der Waals surface area (Å²) < 4.78 is 5.23. The Hall–Kier alpha value is -3.04. The molecular formula is C22H26N4O4. The number of hydrogen-bond donors (Lipinski definition) is 4. The number of benzene rings is 2. The minimum absolute atomic E-state index is 0.134. The normalized spacial score (nSPS) is 13.1. The number of nitrogens with zero attached hydrogens (tertiary/aromatic N) is 2. The summed E-state index contributed by atoms with van der Waals surface area (Å²) in [4.78, 5) is 14.3. The largest absolute Gasteiger partial charge is 0.390 e. The van der Waals surface area contributed by atoms with Gasteiger partial charge in [-0.3, -0.25) is 4.79 Å². The molecule has 1 aromatic heterocycles. The third kappa shape index (κ3) is 4.58. The molecule has 0 aliphatic rings. The van der Waals surface area contributed by atoms with E-state index >= 15 is 0 Å². The molecule has 0 aliphatic carbocycles. The summed E-state index contributed by atoms with van der Waals surface area (Å²) in [5, 5.41) is 25.0. The Balaban J connectivity index is 1.72. The van der Waals surface area contributed by atoms with E-state index in [1.807, 2.05) is 43.3 Å². The van der Waals surface area contributed by atoms with Gasteiger partial charge in [-0.15, -0.1) is 0 Å². The summed E-state index contributed by atoms with van der Waals surface area (Å²) >= 11 is 0. The first-order chi connectivity index (χ1) is 14.5. The Labute approximate surface area is 175 Å². The number of rotatable bonds is 8. The zero-order chi connectivity index (χ0) is 21.7. The molecule has 0 saturated heterocycles. The first kappa shape index (κ1) is 21.7. The second kappa shape index (κ2) is 9.64. The van der Waals surface area contributed by atoms with E-state index in [1.54, 1.807) is 37.2 Å². The van der Waals surface area contributed by atoms with Gasteiger partial charge in [0.05, 0.1) is 12.6 Å². The van der Waals surface area contributed by atoms with Gasteiger partial charge in [-0.2, -0.15) is 5.48 Å². The van der Waals surface area contributed by atoms with E-state index in [0.717, 1.165) is 16.7 Å². The van der Waals surface area contributed by atoms with Gasteiger partial charge in [0.2, 0.25) is 0 Å². The van der Waals surface area contributed by atoms with Crippen molar-refractivity contribution in [3.63, 3.8) is 0 Å².